The largest absolute Gasteiger partial charge is 0.478 e. The number of rotatable bonds is 10. The van der Waals surface area contributed by atoms with Crippen molar-refractivity contribution in [2.24, 2.45) is 10.9 Å². The average Bonchev–Trinajstić information content (AvgIpc) is 2.77. The lowest BCUT2D eigenvalue weighted by molar-refractivity contribution is -0.133. The van der Waals surface area contributed by atoms with Gasteiger partial charge in [0.25, 0.3) is 0 Å². The Morgan fingerprint density at radius 1 is 1.42 bits per heavy atom. The Morgan fingerprint density at radius 2 is 2.12 bits per heavy atom. The lowest BCUT2D eigenvalue weighted by Gasteiger charge is -2.38. The summed E-state index contributed by atoms with van der Waals surface area (Å²) in [7, 11) is 0. The number of thioether (sulfide) groups is 1. The molecule has 0 aromatic carbocycles. The van der Waals surface area contributed by atoms with Crippen LogP contribution in [0.3, 0.4) is 0 Å². The van der Waals surface area contributed by atoms with Crippen LogP contribution in [0.1, 0.15) is 25.0 Å². The number of nitrogens with zero attached hydrogens (tertiary/aromatic N) is 4. The maximum Gasteiger partial charge on any atom is 0.336 e. The van der Waals surface area contributed by atoms with E-state index < -0.39 is 37.2 Å². The van der Waals surface area contributed by atoms with Gasteiger partial charge in [0.2, 0.25) is 0 Å². The summed E-state index contributed by atoms with van der Waals surface area (Å²) in [6.45, 7) is 1.55. The van der Waals surface area contributed by atoms with Crippen LogP contribution in [0, 0.1) is 5.82 Å². The van der Waals surface area contributed by atoms with Crippen LogP contribution in [0.15, 0.2) is 34.6 Å². The fraction of sp³-hybridized carbons (Fsp3) is 0.450. The van der Waals surface area contributed by atoms with Gasteiger partial charge in [0.05, 0.1) is 43.0 Å². The highest BCUT2D eigenvalue weighted by Gasteiger charge is 2.36. The highest BCUT2D eigenvalue weighted by Crippen LogP contribution is 2.41. The molecule has 0 aliphatic carbocycles. The first-order valence-electron chi connectivity index (χ1n) is 10.2. The summed E-state index contributed by atoms with van der Waals surface area (Å²) in [4.78, 5) is 24.3. The summed E-state index contributed by atoms with van der Waals surface area (Å²) in [5.41, 5.74) is 5.78. The molecule has 11 nitrogen and oxygen atoms in total. The van der Waals surface area contributed by atoms with Crippen molar-refractivity contribution in [3.63, 3.8) is 0 Å². The minimum absolute atomic E-state index is 0.0205. The Morgan fingerprint density at radius 3 is 2.70 bits per heavy atom. The van der Waals surface area contributed by atoms with Crippen LogP contribution in [-0.2, 0) is 9.63 Å². The molecule has 1 aromatic heterocycles. The number of aliphatic hydroxyl groups is 3. The number of pyridine rings is 1. The van der Waals surface area contributed by atoms with Crippen molar-refractivity contribution in [1.29, 1.82) is 0 Å². The fourth-order valence-electron chi connectivity index (χ4n) is 3.32. The lowest BCUT2D eigenvalue weighted by atomic mass is 9.98. The second kappa shape index (κ2) is 10.8. The predicted molar refractivity (Wildman–Crippen MR) is 121 cm³/mol. The maximum atomic E-state index is 14.9. The highest BCUT2D eigenvalue weighted by atomic mass is 32.2. The van der Waals surface area contributed by atoms with Crippen LogP contribution >= 0.6 is 11.8 Å². The Labute approximate surface area is 193 Å². The van der Waals surface area contributed by atoms with Crippen molar-refractivity contribution >= 4 is 35.1 Å². The summed E-state index contributed by atoms with van der Waals surface area (Å²) in [5.74, 6) is -1.77. The number of aromatic nitrogens is 1. The number of hydrogen-bond donors (Lipinski definition) is 5. The molecule has 0 bridgehead atoms. The van der Waals surface area contributed by atoms with E-state index in [1.54, 1.807) is 15.2 Å². The van der Waals surface area contributed by atoms with Gasteiger partial charge in [0.1, 0.15) is 11.9 Å². The van der Waals surface area contributed by atoms with E-state index in [0.29, 0.717) is 12.1 Å². The summed E-state index contributed by atoms with van der Waals surface area (Å²) in [6, 6.07) is 1.10. The summed E-state index contributed by atoms with van der Waals surface area (Å²) in [6.07, 6.45) is 0.891. The molecule has 0 radical (unpaired) electrons. The SMILES string of the molecule is CC[C@@H](S/C=C\N)N1C=C(C(=O)O)C(O)c2cc(F)c(N3CC(=NOC(CO)CO)C3)nc21. The monoisotopic (exact) mass is 483 g/mol. The molecule has 0 spiro atoms. The fourth-order valence-corrected chi connectivity index (χ4v) is 4.08. The molecular formula is C20H26FN5O6S. The molecule has 13 heteroatoms. The van der Waals surface area contributed by atoms with E-state index in [0.717, 1.165) is 6.07 Å². The molecule has 2 aliphatic heterocycles. The summed E-state index contributed by atoms with van der Waals surface area (Å²) < 4.78 is 14.9. The van der Waals surface area contributed by atoms with Gasteiger partial charge in [-0.05, 0) is 17.9 Å². The topological polar surface area (TPSA) is 165 Å². The number of aliphatic carboxylic acids is 1. The number of hydrogen-bond acceptors (Lipinski definition) is 11. The Bertz CT molecular complexity index is 963. The number of carbonyl (C=O) groups is 1. The first-order chi connectivity index (χ1) is 15.8. The summed E-state index contributed by atoms with van der Waals surface area (Å²) in [5, 5.41) is 43.3. The molecule has 2 aliphatic rings. The van der Waals surface area contributed by atoms with Gasteiger partial charge in [0, 0.05) is 18.0 Å². The zero-order chi connectivity index (χ0) is 24.1. The second-order valence-corrected chi connectivity index (χ2v) is 8.43. The Kier molecular flexibility index (Phi) is 8.13. The zero-order valence-electron chi connectivity index (χ0n) is 17.8. The van der Waals surface area contributed by atoms with Gasteiger partial charge in [-0.1, -0.05) is 12.1 Å². The minimum atomic E-state index is -1.53. The number of carboxylic acids is 1. The molecule has 1 unspecified atom stereocenters. The molecule has 0 amide bonds. The van der Waals surface area contributed by atoms with Crippen molar-refractivity contribution in [2.75, 3.05) is 36.1 Å². The molecule has 1 aromatic rings. The van der Waals surface area contributed by atoms with Gasteiger partial charge in [-0.2, -0.15) is 0 Å². The zero-order valence-corrected chi connectivity index (χ0v) is 18.7. The number of anilines is 2. The third-order valence-corrected chi connectivity index (χ3v) is 6.27. The smallest absolute Gasteiger partial charge is 0.336 e. The highest BCUT2D eigenvalue weighted by molar-refractivity contribution is 8.02. The molecular weight excluding hydrogens is 457 g/mol. The van der Waals surface area contributed by atoms with Gasteiger partial charge < -0.3 is 40.8 Å². The number of fused-ring (bicyclic) bond motifs is 1. The minimum Gasteiger partial charge on any atom is -0.478 e. The normalized spacial score (nSPS) is 18.8. The molecule has 2 atom stereocenters. The first kappa shape index (κ1) is 24.8. The number of nitrogens with two attached hydrogens (primary N) is 1. The van der Waals surface area contributed by atoms with E-state index >= 15 is 0 Å². The van der Waals surface area contributed by atoms with E-state index in [9.17, 15) is 19.4 Å². The molecule has 180 valence electrons. The molecule has 1 saturated heterocycles. The number of halogens is 1. The van der Waals surface area contributed by atoms with Crippen LogP contribution in [0.5, 0.6) is 0 Å². The molecule has 6 N–H and O–H groups in total. The van der Waals surface area contributed by atoms with Crippen molar-refractivity contribution in [3.8, 4) is 0 Å². The molecule has 1 fully saturated rings. The van der Waals surface area contributed by atoms with Crippen molar-refractivity contribution in [2.45, 2.75) is 30.9 Å². The quantitative estimate of drug-likeness (QED) is 0.294. The lowest BCUT2D eigenvalue weighted by Crippen LogP contribution is -2.49. The standard InChI is InChI=1S/C20H26FN5O6S/c1-2-16(33-4-3-22)26-8-14(20(30)31)17(29)13-5-15(21)19(23-18(13)26)25-6-11(7-25)24-32-12(9-27)10-28/h3-5,8,12,16-17,27-29H,2,6-7,9-10,22H2,1H3,(H,30,31)/b4-3-/t16-,17?/m1/s1. The van der Waals surface area contributed by atoms with Crippen LogP contribution in [0.4, 0.5) is 16.0 Å². The molecule has 33 heavy (non-hydrogen) atoms. The third-order valence-electron chi connectivity index (χ3n) is 5.08. The Balaban J connectivity index is 1.91. The predicted octanol–water partition coefficient (Wildman–Crippen LogP) is 0.488. The molecule has 3 heterocycles. The van der Waals surface area contributed by atoms with Crippen LogP contribution < -0.4 is 15.5 Å². The van der Waals surface area contributed by atoms with Gasteiger partial charge in [-0.3, -0.25) is 0 Å². The molecule has 0 saturated carbocycles. The van der Waals surface area contributed by atoms with E-state index in [-0.39, 0.29) is 41.2 Å². The van der Waals surface area contributed by atoms with E-state index in [1.807, 2.05) is 6.92 Å². The average molecular weight is 484 g/mol. The van der Waals surface area contributed by atoms with E-state index in [4.69, 9.17) is 20.8 Å². The maximum absolute atomic E-state index is 14.9. The van der Waals surface area contributed by atoms with Crippen molar-refractivity contribution < 1.29 is 34.4 Å². The summed E-state index contributed by atoms with van der Waals surface area (Å²) >= 11 is 1.34. The van der Waals surface area contributed by atoms with Gasteiger partial charge in [-0.15, -0.1) is 11.8 Å². The van der Waals surface area contributed by atoms with Crippen LogP contribution in [0.2, 0.25) is 0 Å². The van der Waals surface area contributed by atoms with Crippen LogP contribution in [0.25, 0.3) is 0 Å². The van der Waals surface area contributed by atoms with Gasteiger partial charge in [-0.25, -0.2) is 14.2 Å². The van der Waals surface area contributed by atoms with Gasteiger partial charge >= 0.3 is 5.97 Å². The van der Waals surface area contributed by atoms with Crippen LogP contribution in [-0.4, -0.2) is 74.9 Å². The Hall–Kier alpha value is -2.87. The first-order valence-corrected chi connectivity index (χ1v) is 11.1. The molecule has 3 rings (SSSR count). The second-order valence-electron chi connectivity index (χ2n) is 7.34. The number of carboxylic acid groups (broad SMARTS) is 1. The number of oxime groups is 1. The van der Waals surface area contributed by atoms with E-state index in [2.05, 4.69) is 10.1 Å². The van der Waals surface area contributed by atoms with Crippen molar-refractivity contribution in [3.05, 3.63) is 40.8 Å². The van der Waals surface area contributed by atoms with Gasteiger partial charge in [0.15, 0.2) is 17.7 Å². The third kappa shape index (κ3) is 5.21. The van der Waals surface area contributed by atoms with Crippen molar-refractivity contribution in [1.82, 2.24) is 4.98 Å². The number of aliphatic hydroxyl groups excluding tert-OH is 3. The van der Waals surface area contributed by atoms with E-state index in [1.165, 1.54) is 24.2 Å².